The van der Waals surface area contributed by atoms with E-state index in [0.717, 1.165) is 12.1 Å². The molecule has 0 atom stereocenters. The lowest BCUT2D eigenvalue weighted by Gasteiger charge is -2.08. The summed E-state index contributed by atoms with van der Waals surface area (Å²) >= 11 is 0. The monoisotopic (exact) mass is 194 g/mol. The Morgan fingerprint density at radius 1 is 1.36 bits per heavy atom. The summed E-state index contributed by atoms with van der Waals surface area (Å²) in [4.78, 5) is 12.3. The zero-order valence-electron chi connectivity index (χ0n) is 8.43. The molecule has 0 heterocycles. The Bertz CT molecular complexity index is 324. The lowest BCUT2D eigenvalue weighted by atomic mass is 10.1. The van der Waals surface area contributed by atoms with E-state index in [0.29, 0.717) is 6.42 Å². The van der Waals surface area contributed by atoms with Gasteiger partial charge in [0, 0.05) is 18.2 Å². The summed E-state index contributed by atoms with van der Waals surface area (Å²) in [5, 5.41) is 10.7. The first-order valence-electron chi connectivity index (χ1n) is 4.48. The number of benzene rings is 1. The number of rotatable bonds is 4. The average Bonchev–Trinajstić information content (AvgIpc) is 2.15. The fraction of sp³-hybridized carbons (Fsp3) is 0.400. The number of likely N-dealkylation sites (N-methyl/N-ethyl adjacent to an activating group) is 1. The van der Waals surface area contributed by atoms with Crippen molar-refractivity contribution in [3.05, 3.63) is 39.9 Å². The van der Waals surface area contributed by atoms with Crippen molar-refractivity contribution in [1.82, 2.24) is 4.90 Å². The molecule has 1 rings (SSSR count). The third-order valence-corrected chi connectivity index (χ3v) is 2.02. The topological polar surface area (TPSA) is 46.4 Å². The Kier molecular flexibility index (Phi) is 3.59. The number of hydrogen-bond acceptors (Lipinski definition) is 3. The van der Waals surface area contributed by atoms with E-state index in [1.54, 1.807) is 12.1 Å². The molecule has 0 aliphatic heterocycles. The standard InChI is InChI=1S/C10H14N2O2/c1-11(2)8-7-9-5-3-4-6-10(9)12(13)14/h3-6H,7-8H2,1-2H3. The summed E-state index contributed by atoms with van der Waals surface area (Å²) < 4.78 is 0. The number of hydrogen-bond donors (Lipinski definition) is 0. The number of nitro groups is 1. The van der Waals surface area contributed by atoms with Crippen molar-refractivity contribution in [2.75, 3.05) is 20.6 Å². The van der Waals surface area contributed by atoms with Crippen molar-refractivity contribution in [2.45, 2.75) is 6.42 Å². The smallest absolute Gasteiger partial charge is 0.272 e. The maximum absolute atomic E-state index is 10.7. The predicted molar refractivity (Wildman–Crippen MR) is 55.4 cm³/mol. The number of nitro benzene ring substituents is 1. The minimum Gasteiger partial charge on any atom is -0.309 e. The second kappa shape index (κ2) is 4.72. The van der Waals surface area contributed by atoms with Gasteiger partial charge in [0.05, 0.1) is 4.92 Å². The average molecular weight is 194 g/mol. The molecule has 0 saturated heterocycles. The highest BCUT2D eigenvalue weighted by Crippen LogP contribution is 2.17. The Balaban J connectivity index is 2.79. The van der Waals surface area contributed by atoms with Gasteiger partial charge in [0.1, 0.15) is 0 Å². The van der Waals surface area contributed by atoms with Gasteiger partial charge in [-0.1, -0.05) is 18.2 Å². The molecule has 76 valence electrons. The van der Waals surface area contributed by atoms with Crippen molar-refractivity contribution in [2.24, 2.45) is 0 Å². The molecule has 14 heavy (non-hydrogen) atoms. The van der Waals surface area contributed by atoms with Crippen LogP contribution in [0.3, 0.4) is 0 Å². The summed E-state index contributed by atoms with van der Waals surface area (Å²) in [6, 6.07) is 6.88. The van der Waals surface area contributed by atoms with Gasteiger partial charge in [-0.2, -0.15) is 0 Å². The zero-order valence-corrected chi connectivity index (χ0v) is 8.43. The van der Waals surface area contributed by atoms with Crippen molar-refractivity contribution < 1.29 is 4.92 Å². The van der Waals surface area contributed by atoms with Gasteiger partial charge in [-0.15, -0.1) is 0 Å². The fourth-order valence-corrected chi connectivity index (χ4v) is 1.24. The molecule has 0 fully saturated rings. The van der Waals surface area contributed by atoms with Gasteiger partial charge < -0.3 is 4.90 Å². The van der Waals surface area contributed by atoms with Gasteiger partial charge in [0.2, 0.25) is 0 Å². The predicted octanol–water partition coefficient (Wildman–Crippen LogP) is 1.70. The molecule has 4 heteroatoms. The van der Waals surface area contributed by atoms with E-state index >= 15 is 0 Å². The Labute approximate surface area is 83.3 Å². The van der Waals surface area contributed by atoms with Crippen LogP contribution in [0.25, 0.3) is 0 Å². The summed E-state index contributed by atoms with van der Waals surface area (Å²) in [5.74, 6) is 0. The van der Waals surface area contributed by atoms with E-state index in [1.165, 1.54) is 0 Å². The second-order valence-electron chi connectivity index (χ2n) is 3.44. The Hall–Kier alpha value is -1.42. The molecule has 0 aliphatic carbocycles. The molecule has 4 nitrogen and oxygen atoms in total. The van der Waals surface area contributed by atoms with Crippen LogP contribution >= 0.6 is 0 Å². The molecular formula is C10H14N2O2. The minimum atomic E-state index is -0.328. The van der Waals surface area contributed by atoms with Gasteiger partial charge in [-0.05, 0) is 20.5 Å². The summed E-state index contributed by atoms with van der Waals surface area (Å²) in [7, 11) is 3.91. The summed E-state index contributed by atoms with van der Waals surface area (Å²) in [5.41, 5.74) is 1.01. The van der Waals surface area contributed by atoms with Gasteiger partial charge in [0.15, 0.2) is 0 Å². The molecule has 0 radical (unpaired) electrons. The van der Waals surface area contributed by atoms with Crippen LogP contribution in [0.1, 0.15) is 5.56 Å². The minimum absolute atomic E-state index is 0.217. The molecular weight excluding hydrogens is 180 g/mol. The molecule has 1 aromatic rings. The normalized spacial score (nSPS) is 10.5. The van der Waals surface area contributed by atoms with Gasteiger partial charge >= 0.3 is 0 Å². The van der Waals surface area contributed by atoms with E-state index in [9.17, 15) is 10.1 Å². The Morgan fingerprint density at radius 2 is 2.00 bits per heavy atom. The molecule has 0 aliphatic rings. The van der Waals surface area contributed by atoms with Gasteiger partial charge in [0.25, 0.3) is 5.69 Å². The molecule has 0 amide bonds. The van der Waals surface area contributed by atoms with Crippen molar-refractivity contribution in [3.8, 4) is 0 Å². The molecule has 0 bridgehead atoms. The first-order valence-corrected chi connectivity index (χ1v) is 4.48. The maximum atomic E-state index is 10.7. The number of para-hydroxylation sites is 1. The van der Waals surface area contributed by atoms with Crippen LogP contribution in [0.2, 0.25) is 0 Å². The molecule has 0 aromatic heterocycles. The van der Waals surface area contributed by atoms with Gasteiger partial charge in [-0.3, -0.25) is 10.1 Å². The largest absolute Gasteiger partial charge is 0.309 e. The molecule has 0 spiro atoms. The van der Waals surface area contributed by atoms with Crippen LogP contribution in [-0.4, -0.2) is 30.5 Å². The van der Waals surface area contributed by atoms with Crippen molar-refractivity contribution in [3.63, 3.8) is 0 Å². The van der Waals surface area contributed by atoms with Crippen molar-refractivity contribution >= 4 is 5.69 Å². The third-order valence-electron chi connectivity index (χ3n) is 2.02. The SMILES string of the molecule is CN(C)CCc1ccccc1[N+](=O)[O-]. The van der Waals surface area contributed by atoms with Gasteiger partial charge in [-0.25, -0.2) is 0 Å². The maximum Gasteiger partial charge on any atom is 0.272 e. The molecule has 1 aromatic carbocycles. The van der Waals surface area contributed by atoms with Crippen LogP contribution in [0.4, 0.5) is 5.69 Å². The fourth-order valence-electron chi connectivity index (χ4n) is 1.24. The van der Waals surface area contributed by atoms with E-state index in [-0.39, 0.29) is 10.6 Å². The van der Waals surface area contributed by atoms with E-state index < -0.39 is 0 Å². The first-order chi connectivity index (χ1) is 6.61. The first kappa shape index (κ1) is 10.7. The van der Waals surface area contributed by atoms with Crippen LogP contribution in [0, 0.1) is 10.1 Å². The van der Waals surface area contributed by atoms with Crippen LogP contribution in [0.5, 0.6) is 0 Å². The zero-order chi connectivity index (χ0) is 10.6. The highest BCUT2D eigenvalue weighted by Gasteiger charge is 2.11. The molecule has 0 unspecified atom stereocenters. The van der Waals surface area contributed by atoms with E-state index in [1.807, 2.05) is 31.1 Å². The molecule has 0 saturated carbocycles. The van der Waals surface area contributed by atoms with Crippen LogP contribution in [-0.2, 0) is 6.42 Å². The quantitative estimate of drug-likeness (QED) is 0.541. The van der Waals surface area contributed by atoms with E-state index in [4.69, 9.17) is 0 Å². The lowest BCUT2D eigenvalue weighted by molar-refractivity contribution is -0.385. The second-order valence-corrected chi connectivity index (χ2v) is 3.44. The number of nitrogens with zero attached hydrogens (tertiary/aromatic N) is 2. The van der Waals surface area contributed by atoms with Crippen molar-refractivity contribution in [1.29, 1.82) is 0 Å². The summed E-state index contributed by atoms with van der Waals surface area (Å²) in [6.45, 7) is 0.824. The molecule has 0 N–H and O–H groups in total. The van der Waals surface area contributed by atoms with Crippen LogP contribution < -0.4 is 0 Å². The summed E-state index contributed by atoms with van der Waals surface area (Å²) in [6.07, 6.45) is 0.712. The Morgan fingerprint density at radius 3 is 2.57 bits per heavy atom. The van der Waals surface area contributed by atoms with E-state index in [2.05, 4.69) is 0 Å². The lowest BCUT2D eigenvalue weighted by Crippen LogP contribution is -2.15. The van der Waals surface area contributed by atoms with Crippen LogP contribution in [0.15, 0.2) is 24.3 Å². The highest BCUT2D eigenvalue weighted by atomic mass is 16.6. The third kappa shape index (κ3) is 2.81. The highest BCUT2D eigenvalue weighted by molar-refractivity contribution is 5.39.